The van der Waals surface area contributed by atoms with Crippen molar-refractivity contribution in [2.24, 2.45) is 5.73 Å². The highest BCUT2D eigenvalue weighted by molar-refractivity contribution is 7.61. The van der Waals surface area contributed by atoms with Gasteiger partial charge in [-0.3, -0.25) is 18.4 Å². The number of nitrogens with two attached hydrogens (primary N) is 2. The highest BCUT2D eigenvalue weighted by Crippen LogP contribution is 2.60. The predicted molar refractivity (Wildman–Crippen MR) is 143 cm³/mol. The smallest absolute Gasteiger partial charge is 0.387 e. The van der Waals surface area contributed by atoms with Crippen molar-refractivity contribution in [1.29, 1.82) is 0 Å². The number of amides is 1. The third-order valence-electron chi connectivity index (χ3n) is 6.87. The molecule has 2 aliphatic rings. The summed E-state index contributed by atoms with van der Waals surface area (Å²) in [6, 6.07) is 5.72. The van der Waals surface area contributed by atoms with E-state index in [0.717, 1.165) is 6.33 Å². The van der Waals surface area contributed by atoms with Crippen molar-refractivity contribution in [3.05, 3.63) is 48.0 Å². The minimum atomic E-state index is -5.37. The molecule has 3 aromatic rings. The largest absolute Gasteiger partial charge is 0.481 e. The van der Waals surface area contributed by atoms with Gasteiger partial charge in [0.1, 0.15) is 54.6 Å². The Balaban J connectivity index is 1.16. The quantitative estimate of drug-likeness (QED) is 0.105. The standard InChI is InChI=1S/C22H28N6O14P2/c23-19-13-21(26-7-25-19)28(8-27-13)22-17(32)15(30)12(41-22)6-39-44(36,37)42-43(34,35)38-5-11-14(29)16(31)18(40-11)9-2-1-3-10(4-9)20(24)33/h1-4,7-8,11-12,14-18,22,29-32H,5-6H2,(H2,24,33)(H,34,35)(H,36,37)(H2,23,25,26)/t11-,12-,14+,15+,16?,17?,18+,22-/m1/s1. The Morgan fingerprint density at radius 2 is 1.57 bits per heavy atom. The maximum Gasteiger partial charge on any atom is 0.481 e. The van der Waals surface area contributed by atoms with Crippen molar-refractivity contribution in [1.82, 2.24) is 19.5 Å². The number of benzene rings is 1. The Hall–Kier alpha value is -2.94. The van der Waals surface area contributed by atoms with Gasteiger partial charge in [0, 0.05) is 5.56 Å². The van der Waals surface area contributed by atoms with E-state index in [2.05, 4.69) is 19.3 Å². The molecule has 20 nitrogen and oxygen atoms in total. The normalized spacial score (nSPS) is 31.6. The van der Waals surface area contributed by atoms with Crippen molar-refractivity contribution < 1.29 is 67.0 Å². The first-order chi connectivity index (χ1) is 20.7. The Labute approximate surface area is 247 Å². The van der Waals surface area contributed by atoms with Gasteiger partial charge in [0.2, 0.25) is 5.91 Å². The van der Waals surface area contributed by atoms with Gasteiger partial charge >= 0.3 is 15.6 Å². The van der Waals surface area contributed by atoms with Crippen molar-refractivity contribution >= 4 is 38.5 Å². The summed E-state index contributed by atoms with van der Waals surface area (Å²) >= 11 is 0. The van der Waals surface area contributed by atoms with Crippen LogP contribution in [0.25, 0.3) is 11.2 Å². The number of fused-ring (bicyclic) bond motifs is 1. The van der Waals surface area contributed by atoms with Crippen LogP contribution in [0.1, 0.15) is 28.3 Å². The third-order valence-corrected chi connectivity index (χ3v) is 9.47. The summed E-state index contributed by atoms with van der Waals surface area (Å²) < 4.78 is 50.9. The van der Waals surface area contributed by atoms with Crippen LogP contribution in [0.4, 0.5) is 5.82 Å². The summed E-state index contributed by atoms with van der Waals surface area (Å²) in [5.41, 5.74) is 11.7. The molecule has 0 radical (unpaired) electrons. The molecule has 0 bridgehead atoms. The number of phosphoric ester groups is 2. The lowest BCUT2D eigenvalue weighted by Crippen LogP contribution is -2.33. The Morgan fingerprint density at radius 3 is 2.23 bits per heavy atom. The second-order valence-corrected chi connectivity index (χ2v) is 12.8. The lowest BCUT2D eigenvalue weighted by Gasteiger charge is -2.20. The number of nitrogen functional groups attached to an aromatic ring is 1. The molecular weight excluding hydrogens is 634 g/mol. The number of hydrogen-bond acceptors (Lipinski definition) is 16. The number of hydrogen-bond donors (Lipinski definition) is 8. The van der Waals surface area contributed by atoms with Gasteiger partial charge < -0.3 is 51.2 Å². The van der Waals surface area contributed by atoms with Crippen molar-refractivity contribution in [2.45, 2.75) is 49.0 Å². The average molecular weight is 662 g/mol. The molecule has 0 saturated carbocycles. The van der Waals surface area contributed by atoms with E-state index in [0.29, 0.717) is 0 Å². The van der Waals surface area contributed by atoms with Gasteiger partial charge in [-0.2, -0.15) is 4.31 Å². The van der Waals surface area contributed by atoms with Crippen LogP contribution in [-0.4, -0.2) is 105 Å². The van der Waals surface area contributed by atoms with Crippen LogP contribution in [0, 0.1) is 0 Å². The van der Waals surface area contributed by atoms with E-state index in [1.807, 2.05) is 0 Å². The molecule has 5 rings (SSSR count). The number of aromatic nitrogens is 4. The van der Waals surface area contributed by atoms with E-state index in [4.69, 9.17) is 30.0 Å². The number of nitrogens with zero attached hydrogens (tertiary/aromatic N) is 4. The van der Waals surface area contributed by atoms with E-state index >= 15 is 0 Å². The van der Waals surface area contributed by atoms with Crippen LogP contribution in [0.5, 0.6) is 0 Å². The molecule has 44 heavy (non-hydrogen) atoms. The molecule has 1 amide bonds. The molecule has 10 N–H and O–H groups in total. The molecule has 4 heterocycles. The average Bonchev–Trinajstić information content (AvgIpc) is 3.61. The number of ether oxygens (including phenoxy) is 2. The van der Waals surface area contributed by atoms with E-state index < -0.39 is 83.7 Å². The Kier molecular flexibility index (Phi) is 9.18. The van der Waals surface area contributed by atoms with Crippen LogP contribution in [-0.2, 0) is 32.0 Å². The van der Waals surface area contributed by atoms with E-state index in [-0.39, 0.29) is 28.1 Å². The van der Waals surface area contributed by atoms with E-state index in [1.54, 1.807) is 0 Å². The lowest BCUT2D eigenvalue weighted by atomic mass is 10.00. The zero-order valence-corrected chi connectivity index (χ0v) is 24.1. The highest BCUT2D eigenvalue weighted by Gasteiger charge is 2.47. The van der Waals surface area contributed by atoms with Gasteiger partial charge in [-0.15, -0.1) is 0 Å². The zero-order valence-electron chi connectivity index (χ0n) is 22.3. The zero-order chi connectivity index (χ0) is 32.0. The molecule has 2 aromatic heterocycles. The molecule has 240 valence electrons. The van der Waals surface area contributed by atoms with Gasteiger partial charge in [-0.25, -0.2) is 24.1 Å². The molecule has 0 aliphatic carbocycles. The first kappa shape index (κ1) is 32.5. The maximum atomic E-state index is 12.4. The number of aliphatic hydroxyl groups is 4. The lowest BCUT2D eigenvalue weighted by molar-refractivity contribution is -0.0507. The summed E-state index contributed by atoms with van der Waals surface area (Å²) in [6.45, 7) is -1.78. The van der Waals surface area contributed by atoms with Crippen LogP contribution >= 0.6 is 15.6 Å². The van der Waals surface area contributed by atoms with E-state index in [9.17, 15) is 44.1 Å². The van der Waals surface area contributed by atoms with Gasteiger partial charge in [-0.05, 0) is 17.7 Å². The topological polar surface area (TPSA) is 314 Å². The second kappa shape index (κ2) is 12.5. The number of carbonyl (C=O) groups excluding carboxylic acids is 1. The number of carbonyl (C=O) groups is 1. The molecule has 2 saturated heterocycles. The van der Waals surface area contributed by atoms with Gasteiger partial charge in [0.15, 0.2) is 17.7 Å². The number of phosphoric acid groups is 2. The molecule has 10 atom stereocenters. The fourth-order valence-corrected chi connectivity index (χ4v) is 6.79. The van der Waals surface area contributed by atoms with Gasteiger partial charge in [-0.1, -0.05) is 12.1 Å². The van der Waals surface area contributed by atoms with Crippen LogP contribution in [0.3, 0.4) is 0 Å². The Bertz CT molecular complexity index is 1630. The summed E-state index contributed by atoms with van der Waals surface area (Å²) in [5, 5.41) is 41.7. The van der Waals surface area contributed by atoms with Crippen molar-refractivity contribution in [3.63, 3.8) is 0 Å². The molecule has 22 heteroatoms. The molecular formula is C22H28N6O14P2. The third kappa shape index (κ3) is 6.68. The first-order valence-corrected chi connectivity index (χ1v) is 15.7. The SMILES string of the molecule is NC(=O)c1cccc([C@@H]2O[C@H](COP(=O)(O)OP(=O)(O)OC[C@H]3O[C@@H](n4cnc5c(N)ncnc54)C(O)[C@H]3O)[C@H](O)C2O)c1. The van der Waals surface area contributed by atoms with Gasteiger partial charge in [0.25, 0.3) is 0 Å². The summed E-state index contributed by atoms with van der Waals surface area (Å²) in [5.74, 6) is -0.693. The number of aliphatic hydroxyl groups excluding tert-OH is 4. The monoisotopic (exact) mass is 662 g/mol. The predicted octanol–water partition coefficient (Wildman–Crippen LogP) is -1.76. The Morgan fingerprint density at radius 1 is 0.932 bits per heavy atom. The van der Waals surface area contributed by atoms with E-state index in [1.165, 1.54) is 35.2 Å². The molecule has 2 aliphatic heterocycles. The van der Waals surface area contributed by atoms with Crippen LogP contribution in [0.2, 0.25) is 0 Å². The number of anilines is 1. The highest BCUT2D eigenvalue weighted by atomic mass is 31.3. The first-order valence-electron chi connectivity index (χ1n) is 12.7. The molecule has 0 spiro atoms. The summed E-state index contributed by atoms with van der Waals surface area (Å²) in [6.07, 6.45) is -9.33. The molecule has 4 unspecified atom stereocenters. The maximum absolute atomic E-state index is 12.4. The summed E-state index contributed by atoms with van der Waals surface area (Å²) in [4.78, 5) is 43.3. The molecule has 2 fully saturated rings. The number of rotatable bonds is 11. The number of primary amides is 1. The fraction of sp³-hybridized carbons (Fsp3) is 0.455. The van der Waals surface area contributed by atoms with Gasteiger partial charge in [0.05, 0.1) is 19.5 Å². The van der Waals surface area contributed by atoms with Crippen LogP contribution in [0.15, 0.2) is 36.9 Å². The fourth-order valence-electron chi connectivity index (χ4n) is 4.70. The van der Waals surface area contributed by atoms with Crippen molar-refractivity contribution in [2.75, 3.05) is 18.9 Å². The molecule has 1 aromatic carbocycles. The summed E-state index contributed by atoms with van der Waals surface area (Å²) in [7, 11) is -10.7. The second-order valence-electron chi connectivity index (χ2n) is 9.81. The number of imidazole rings is 1. The minimum absolute atomic E-state index is 0.0516. The van der Waals surface area contributed by atoms with Crippen LogP contribution < -0.4 is 11.5 Å². The minimum Gasteiger partial charge on any atom is -0.387 e. The van der Waals surface area contributed by atoms with Crippen molar-refractivity contribution in [3.8, 4) is 0 Å².